The van der Waals surface area contributed by atoms with Crippen LogP contribution in [0.5, 0.6) is 0 Å². The fraction of sp³-hybridized carbons (Fsp3) is 0.615. The lowest BCUT2D eigenvalue weighted by Gasteiger charge is -2.22. The fourth-order valence-electron chi connectivity index (χ4n) is 2.06. The highest BCUT2D eigenvalue weighted by Gasteiger charge is 2.33. The van der Waals surface area contributed by atoms with Crippen LogP contribution in [0.15, 0.2) is 24.3 Å². The van der Waals surface area contributed by atoms with Crippen molar-refractivity contribution in [3.05, 3.63) is 24.3 Å². The number of carbonyl (C=O) groups is 1. The minimum Gasteiger partial charge on any atom is -0.445 e. The van der Waals surface area contributed by atoms with Gasteiger partial charge in [0.1, 0.15) is 6.61 Å². The highest BCUT2D eigenvalue weighted by molar-refractivity contribution is 7.88. The van der Waals surface area contributed by atoms with E-state index in [9.17, 15) is 13.2 Å². The zero-order valence-corrected chi connectivity index (χ0v) is 14.0. The van der Waals surface area contributed by atoms with Crippen LogP contribution in [0.4, 0.5) is 4.79 Å². The Morgan fingerprint density at radius 3 is 2.81 bits per heavy atom. The van der Waals surface area contributed by atoms with Gasteiger partial charge in [-0.2, -0.15) is 12.6 Å². The Bertz CT molecular complexity index is 516. The van der Waals surface area contributed by atoms with Crippen LogP contribution in [0.2, 0.25) is 0 Å². The molecule has 1 rings (SSSR count). The van der Waals surface area contributed by atoms with Crippen molar-refractivity contribution in [1.29, 1.82) is 0 Å². The highest BCUT2D eigenvalue weighted by atomic mass is 32.2. The normalized spacial score (nSPS) is 23.2. The summed E-state index contributed by atoms with van der Waals surface area (Å²) in [6.07, 6.45) is 4.81. The second-order valence-corrected chi connectivity index (χ2v) is 7.64. The lowest BCUT2D eigenvalue weighted by molar-refractivity contribution is 0.114. The largest absolute Gasteiger partial charge is 0.445 e. The zero-order chi connectivity index (χ0) is 16.0. The summed E-state index contributed by atoms with van der Waals surface area (Å²) in [5.41, 5.74) is 0.842. The molecule has 2 atom stereocenters. The summed E-state index contributed by atoms with van der Waals surface area (Å²) in [6.45, 7) is 6.21. The average Bonchev–Trinajstić information content (AvgIpc) is 2.73. The van der Waals surface area contributed by atoms with Gasteiger partial charge in [-0.1, -0.05) is 24.3 Å². The molecule has 1 N–H and O–H groups in total. The molecule has 0 aromatic heterocycles. The second kappa shape index (κ2) is 7.86. The van der Waals surface area contributed by atoms with E-state index in [1.807, 2.05) is 13.0 Å². The van der Waals surface area contributed by atoms with Gasteiger partial charge in [0.15, 0.2) is 0 Å². The number of thiol groups is 1. The van der Waals surface area contributed by atoms with Gasteiger partial charge in [-0.15, -0.1) is 0 Å². The maximum Gasteiger partial charge on any atom is 0.410 e. The molecule has 0 saturated carbocycles. The molecule has 0 unspecified atom stereocenters. The average molecular weight is 334 g/mol. The van der Waals surface area contributed by atoms with Crippen molar-refractivity contribution in [2.75, 3.05) is 26.0 Å². The first-order valence-electron chi connectivity index (χ1n) is 6.57. The smallest absolute Gasteiger partial charge is 0.410 e. The SMILES string of the molecule is C=CCOC(=O)N1C[C@@H](S)C[C@H]1/C=C(\C)CNS(C)(=O)=O. The van der Waals surface area contributed by atoms with Crippen molar-refractivity contribution in [2.24, 2.45) is 0 Å². The third kappa shape index (κ3) is 6.54. The van der Waals surface area contributed by atoms with Crippen LogP contribution >= 0.6 is 12.6 Å². The fourth-order valence-corrected chi connectivity index (χ4v) is 2.94. The van der Waals surface area contributed by atoms with Gasteiger partial charge in [0.2, 0.25) is 10.0 Å². The van der Waals surface area contributed by atoms with E-state index in [0.717, 1.165) is 11.8 Å². The topological polar surface area (TPSA) is 75.7 Å². The molecule has 0 aromatic rings. The molecule has 1 aliphatic heterocycles. The molecule has 1 fully saturated rings. The Morgan fingerprint density at radius 2 is 2.24 bits per heavy atom. The summed E-state index contributed by atoms with van der Waals surface area (Å²) in [6, 6.07) is -0.133. The van der Waals surface area contributed by atoms with E-state index in [0.29, 0.717) is 13.0 Å². The molecule has 8 heteroatoms. The second-order valence-electron chi connectivity index (χ2n) is 5.08. The number of hydrogen-bond donors (Lipinski definition) is 2. The summed E-state index contributed by atoms with van der Waals surface area (Å²) < 4.78 is 29.6. The molecular formula is C13H22N2O4S2. The van der Waals surface area contributed by atoms with Crippen LogP contribution in [0.1, 0.15) is 13.3 Å². The number of nitrogens with zero attached hydrogens (tertiary/aromatic N) is 1. The summed E-state index contributed by atoms with van der Waals surface area (Å²) in [7, 11) is -3.23. The summed E-state index contributed by atoms with van der Waals surface area (Å²) in [5, 5.41) is 0.0817. The summed E-state index contributed by atoms with van der Waals surface area (Å²) in [4.78, 5) is 13.5. The molecule has 1 heterocycles. The minimum absolute atomic E-state index is 0.0817. The zero-order valence-electron chi connectivity index (χ0n) is 12.3. The Balaban J connectivity index is 2.69. The maximum absolute atomic E-state index is 11.9. The van der Waals surface area contributed by atoms with Crippen LogP contribution in [-0.4, -0.2) is 56.7 Å². The van der Waals surface area contributed by atoms with Gasteiger partial charge >= 0.3 is 6.09 Å². The molecule has 6 nitrogen and oxygen atoms in total. The first-order chi connectivity index (χ1) is 9.73. The van der Waals surface area contributed by atoms with Crippen molar-refractivity contribution in [3.63, 3.8) is 0 Å². The van der Waals surface area contributed by atoms with E-state index in [1.54, 1.807) is 4.90 Å². The third-order valence-electron chi connectivity index (χ3n) is 2.97. The molecule has 1 saturated heterocycles. The molecule has 0 aliphatic carbocycles. The quantitative estimate of drug-likeness (QED) is 0.565. The van der Waals surface area contributed by atoms with Gasteiger partial charge in [-0.3, -0.25) is 0 Å². The number of likely N-dealkylation sites (tertiary alicyclic amines) is 1. The van der Waals surface area contributed by atoms with Gasteiger partial charge in [0.05, 0.1) is 12.3 Å². The van der Waals surface area contributed by atoms with Crippen molar-refractivity contribution >= 4 is 28.7 Å². The van der Waals surface area contributed by atoms with Crippen molar-refractivity contribution in [3.8, 4) is 0 Å². The van der Waals surface area contributed by atoms with E-state index < -0.39 is 16.1 Å². The first-order valence-corrected chi connectivity index (χ1v) is 8.98. The van der Waals surface area contributed by atoms with Crippen LogP contribution in [0, 0.1) is 0 Å². The standard InChI is InChI=1S/C13H22N2O4S2/c1-4-5-19-13(16)15-9-12(20)7-11(15)6-10(2)8-14-21(3,17)18/h4,6,11-12,14,20H,1,5,7-9H2,2-3H3/b10-6+/t11-,12+/m1/s1. The van der Waals surface area contributed by atoms with Crippen LogP contribution in [0.3, 0.4) is 0 Å². The van der Waals surface area contributed by atoms with Crippen molar-refractivity contribution in [1.82, 2.24) is 9.62 Å². The lowest BCUT2D eigenvalue weighted by atomic mass is 10.1. The molecule has 1 amide bonds. The Hall–Kier alpha value is -0.990. The van der Waals surface area contributed by atoms with Crippen molar-refractivity contribution in [2.45, 2.75) is 24.6 Å². The van der Waals surface area contributed by atoms with E-state index in [2.05, 4.69) is 23.9 Å². The Labute approximate surface area is 131 Å². The number of rotatable bonds is 6. The van der Waals surface area contributed by atoms with E-state index >= 15 is 0 Å². The number of nitrogens with one attached hydrogen (secondary N) is 1. The third-order valence-corrected chi connectivity index (χ3v) is 4.01. The van der Waals surface area contributed by atoms with Crippen LogP contribution in [-0.2, 0) is 14.8 Å². The molecule has 1 aliphatic rings. The van der Waals surface area contributed by atoms with Crippen molar-refractivity contribution < 1.29 is 17.9 Å². The molecule has 0 radical (unpaired) electrons. The molecule has 120 valence electrons. The molecule has 0 bridgehead atoms. The number of hydrogen-bond acceptors (Lipinski definition) is 5. The predicted molar refractivity (Wildman–Crippen MR) is 86.0 cm³/mol. The summed E-state index contributed by atoms with van der Waals surface area (Å²) in [5.74, 6) is 0. The Kier molecular flexibility index (Phi) is 6.76. The minimum atomic E-state index is -3.23. The van der Waals surface area contributed by atoms with Gasteiger partial charge in [0.25, 0.3) is 0 Å². The molecule has 0 aromatic carbocycles. The van der Waals surface area contributed by atoms with Gasteiger partial charge < -0.3 is 9.64 Å². The molecular weight excluding hydrogens is 312 g/mol. The van der Waals surface area contributed by atoms with Gasteiger partial charge in [-0.25, -0.2) is 17.9 Å². The van der Waals surface area contributed by atoms with Crippen LogP contribution < -0.4 is 4.72 Å². The monoisotopic (exact) mass is 334 g/mol. The number of carbonyl (C=O) groups excluding carboxylic acids is 1. The number of ether oxygens (including phenoxy) is 1. The summed E-state index contributed by atoms with van der Waals surface area (Å²) >= 11 is 4.41. The first kappa shape index (κ1) is 18.1. The predicted octanol–water partition coefficient (Wildman–Crippen LogP) is 1.18. The molecule has 0 spiro atoms. The van der Waals surface area contributed by atoms with Gasteiger partial charge in [-0.05, 0) is 13.3 Å². The maximum atomic E-state index is 11.9. The lowest BCUT2D eigenvalue weighted by Crippen LogP contribution is -2.36. The van der Waals surface area contributed by atoms with Crippen LogP contribution in [0.25, 0.3) is 0 Å². The number of amides is 1. The molecule has 21 heavy (non-hydrogen) atoms. The number of sulfonamides is 1. The van der Waals surface area contributed by atoms with E-state index in [-0.39, 0.29) is 24.4 Å². The highest BCUT2D eigenvalue weighted by Crippen LogP contribution is 2.24. The van der Waals surface area contributed by atoms with E-state index in [4.69, 9.17) is 4.74 Å². The van der Waals surface area contributed by atoms with Gasteiger partial charge in [0, 0.05) is 18.3 Å². The Morgan fingerprint density at radius 1 is 1.57 bits per heavy atom. The van der Waals surface area contributed by atoms with E-state index in [1.165, 1.54) is 6.08 Å².